The van der Waals surface area contributed by atoms with Gasteiger partial charge in [-0.2, -0.15) is 10.2 Å². The third-order valence-electron chi connectivity index (χ3n) is 14.6. The Morgan fingerprint density at radius 3 is 2.54 bits per heavy atom. The van der Waals surface area contributed by atoms with E-state index < -0.39 is 35.6 Å². The Hall–Kier alpha value is -5.77. The molecule has 11 rings (SSSR count). The molecule has 4 aromatic heterocycles. The molecule has 1 aromatic carbocycles. The number of anilines is 3. The maximum absolute atomic E-state index is 14.3. The number of carbonyl (C=O) groups is 3. The molecular weight excluding hydrogens is 845 g/mol. The number of ether oxygens (including phenoxy) is 1. The van der Waals surface area contributed by atoms with Crippen molar-refractivity contribution in [1.82, 2.24) is 48.6 Å². The predicted octanol–water partition coefficient (Wildman–Crippen LogP) is 2.32. The fraction of sp³-hybridized carbons (Fsp3) is 0.568. The molecule has 1 aliphatic carbocycles. The molecule has 5 aliphatic heterocycles. The van der Waals surface area contributed by atoms with Gasteiger partial charge in [-0.05, 0) is 62.6 Å². The summed E-state index contributed by atoms with van der Waals surface area (Å²) < 4.78 is 40.5. The van der Waals surface area contributed by atoms with Crippen molar-refractivity contribution in [2.75, 3.05) is 80.6 Å². The number of imidazole rings is 1. The topological polar surface area (TPSA) is 193 Å². The lowest BCUT2D eigenvalue weighted by atomic mass is 9.85. The van der Waals surface area contributed by atoms with Crippen LogP contribution in [0.3, 0.4) is 0 Å². The molecule has 3 atom stereocenters. The van der Waals surface area contributed by atoms with Gasteiger partial charge in [-0.15, -0.1) is 0 Å². The fourth-order valence-corrected chi connectivity index (χ4v) is 11.2. The number of rotatable bonds is 11. The molecule has 0 spiro atoms. The normalized spacial score (nSPS) is 26.1. The van der Waals surface area contributed by atoms with Crippen molar-refractivity contribution in [3.63, 3.8) is 0 Å². The number of carbonyl (C=O) groups excluding carboxylic acids is 3. The molecule has 1 saturated carbocycles. The Balaban J connectivity index is 0.661. The number of benzene rings is 1. The summed E-state index contributed by atoms with van der Waals surface area (Å²) in [5, 5.41) is 25.2. The molecule has 6 aliphatic rings. The highest BCUT2D eigenvalue weighted by Gasteiger charge is 2.45. The van der Waals surface area contributed by atoms with Gasteiger partial charge in [0.15, 0.2) is 11.3 Å². The molecule has 65 heavy (non-hydrogen) atoms. The zero-order valence-corrected chi connectivity index (χ0v) is 36.2. The molecule has 9 heterocycles. The van der Waals surface area contributed by atoms with Gasteiger partial charge in [0.25, 0.3) is 12.3 Å². The monoisotopic (exact) mass is 897 g/mol. The van der Waals surface area contributed by atoms with Crippen LogP contribution in [0.1, 0.15) is 79.5 Å². The van der Waals surface area contributed by atoms with E-state index in [-0.39, 0.29) is 53.9 Å². The van der Waals surface area contributed by atoms with Gasteiger partial charge in [-0.25, -0.2) is 23.1 Å². The van der Waals surface area contributed by atoms with Crippen LogP contribution in [-0.4, -0.2) is 149 Å². The number of hydrogen-bond donors (Lipinski definition) is 3. The van der Waals surface area contributed by atoms with E-state index in [1.165, 1.54) is 21.5 Å². The second-order valence-electron chi connectivity index (χ2n) is 18.9. The first-order valence-electron chi connectivity index (χ1n) is 22.7. The van der Waals surface area contributed by atoms with Crippen molar-refractivity contribution in [2.45, 2.75) is 81.2 Å². The number of imide groups is 1. The molecule has 2 bridgehead atoms. The molecule has 2 unspecified atom stereocenters. The lowest BCUT2D eigenvalue weighted by Crippen LogP contribution is -2.67. The number of amides is 3. The molecule has 21 heteroatoms. The molecule has 5 aromatic rings. The SMILES string of the molecule is Cn1c(=O)n(C2CCC(=O)NC2=O)c2cccc(N3CC(O)(CN4CCN(C[C@H]5CC[C@H](n6cc(NC(=O)c7cnn8ccc(N9C[C@H]%10CC9CO%10)nc78)c(C(F)F)n6)CC5)CC4)C3)c21. The number of hydrogen-bond acceptors (Lipinski definition) is 13. The number of fused-ring (bicyclic) bond motifs is 4. The lowest BCUT2D eigenvalue weighted by molar-refractivity contribution is -0.135. The lowest BCUT2D eigenvalue weighted by Gasteiger charge is -2.50. The number of halogens is 2. The minimum absolute atomic E-state index is 0.0141. The predicted molar refractivity (Wildman–Crippen MR) is 233 cm³/mol. The van der Waals surface area contributed by atoms with Crippen molar-refractivity contribution >= 4 is 51.6 Å². The molecule has 3 amide bonds. The Morgan fingerprint density at radius 2 is 1.82 bits per heavy atom. The third-order valence-corrected chi connectivity index (χ3v) is 14.6. The second-order valence-corrected chi connectivity index (χ2v) is 18.9. The van der Waals surface area contributed by atoms with Crippen LogP contribution in [0.4, 0.5) is 26.0 Å². The number of aryl methyl sites for hydroxylation is 1. The second kappa shape index (κ2) is 16.3. The van der Waals surface area contributed by atoms with E-state index in [0.717, 1.165) is 82.9 Å². The van der Waals surface area contributed by atoms with Gasteiger partial charge in [-0.3, -0.25) is 38.4 Å². The van der Waals surface area contributed by atoms with E-state index in [4.69, 9.17) is 9.72 Å². The Kier molecular flexibility index (Phi) is 10.5. The highest BCUT2D eigenvalue weighted by molar-refractivity contribution is 6.08. The Labute approximate surface area is 371 Å². The highest BCUT2D eigenvalue weighted by Crippen LogP contribution is 2.38. The molecule has 6 fully saturated rings. The molecule has 5 saturated heterocycles. The average molecular weight is 898 g/mol. The van der Waals surface area contributed by atoms with Gasteiger partial charge in [0.1, 0.15) is 23.0 Å². The summed E-state index contributed by atoms with van der Waals surface area (Å²) in [7, 11) is 1.68. The van der Waals surface area contributed by atoms with Crippen molar-refractivity contribution in [3.05, 3.63) is 64.6 Å². The molecule has 19 nitrogen and oxygen atoms in total. The molecule has 3 N–H and O–H groups in total. The minimum Gasteiger partial charge on any atom is -0.385 e. The van der Waals surface area contributed by atoms with Gasteiger partial charge in [0, 0.05) is 84.8 Å². The number of piperazine rings is 1. The fourth-order valence-electron chi connectivity index (χ4n) is 11.2. The van der Waals surface area contributed by atoms with Gasteiger partial charge >= 0.3 is 5.69 Å². The first-order valence-corrected chi connectivity index (χ1v) is 22.7. The van der Waals surface area contributed by atoms with E-state index >= 15 is 0 Å². The number of alkyl halides is 2. The number of β-amino-alcohol motifs (C(OH)–C–C–N with tert-alkyl or cyclic N) is 1. The van der Waals surface area contributed by atoms with E-state index in [9.17, 15) is 33.1 Å². The van der Waals surface area contributed by atoms with Crippen molar-refractivity contribution in [3.8, 4) is 0 Å². The highest BCUT2D eigenvalue weighted by atomic mass is 19.3. The van der Waals surface area contributed by atoms with Crippen LogP contribution in [0.2, 0.25) is 0 Å². The van der Waals surface area contributed by atoms with Gasteiger partial charge in [-0.1, -0.05) is 6.07 Å². The summed E-state index contributed by atoms with van der Waals surface area (Å²) in [5.41, 5.74) is 0.959. The zero-order chi connectivity index (χ0) is 44.7. The smallest absolute Gasteiger partial charge is 0.329 e. The maximum Gasteiger partial charge on any atom is 0.329 e. The van der Waals surface area contributed by atoms with Crippen molar-refractivity contribution in [1.29, 1.82) is 0 Å². The summed E-state index contributed by atoms with van der Waals surface area (Å²) in [6, 6.07) is 6.88. The number of aliphatic hydroxyl groups is 1. The van der Waals surface area contributed by atoms with Crippen LogP contribution >= 0.6 is 0 Å². The van der Waals surface area contributed by atoms with Crippen LogP contribution in [0.25, 0.3) is 16.7 Å². The van der Waals surface area contributed by atoms with Crippen LogP contribution in [0, 0.1) is 5.92 Å². The first kappa shape index (κ1) is 41.9. The summed E-state index contributed by atoms with van der Waals surface area (Å²) in [5.74, 6) is -0.195. The summed E-state index contributed by atoms with van der Waals surface area (Å²) in [6.07, 6.45) is 6.82. The number of para-hydroxylation sites is 1. The standard InChI is InChI=1S/C44H53F2N13O6/c1-52-38-32(3-2-4-33(38)59(43(52)63)34-9-10-36(60)50-42(34)62)55-24-44(64,25-55)23-54-15-13-53(14-16-54)19-26-5-7-27(8-6-26)58-21-31(37(51-58)39(45)46)48-41(61)30-18-47-57-12-11-35(49-40(30)57)56-20-29-17-28(56)22-65-29/h2-4,11-12,18,21,26-29,34,39,64H,5-10,13-17,19-20,22-25H2,1H3,(H,48,61)(H,50,60,62)/t26-,27-,28?,29-,34?/m1/s1. The molecule has 0 radical (unpaired) electrons. The number of piperidine rings is 1. The van der Waals surface area contributed by atoms with Crippen molar-refractivity contribution in [2.24, 2.45) is 13.0 Å². The molecule has 344 valence electrons. The number of nitrogens with zero attached hydrogens (tertiary/aromatic N) is 11. The van der Waals surface area contributed by atoms with Gasteiger partial charge < -0.3 is 29.9 Å². The Morgan fingerprint density at radius 1 is 1.03 bits per heavy atom. The zero-order valence-electron chi connectivity index (χ0n) is 36.2. The third kappa shape index (κ3) is 7.64. The number of aromatic nitrogens is 7. The maximum atomic E-state index is 14.3. The minimum atomic E-state index is -2.87. The van der Waals surface area contributed by atoms with Crippen LogP contribution in [-0.2, 0) is 21.4 Å². The largest absolute Gasteiger partial charge is 0.385 e. The first-order chi connectivity index (χ1) is 31.4. The molecular formula is C44H53F2N13O6. The summed E-state index contributed by atoms with van der Waals surface area (Å²) in [6.45, 7) is 7.10. The Bertz CT molecular complexity index is 2730. The summed E-state index contributed by atoms with van der Waals surface area (Å²) in [4.78, 5) is 65.2. The van der Waals surface area contributed by atoms with E-state index in [2.05, 4.69) is 40.4 Å². The van der Waals surface area contributed by atoms with E-state index in [0.29, 0.717) is 48.8 Å². The van der Waals surface area contributed by atoms with Crippen LogP contribution < -0.4 is 26.1 Å². The quantitative estimate of drug-likeness (QED) is 0.164. The van der Waals surface area contributed by atoms with E-state index in [1.807, 2.05) is 24.3 Å². The van der Waals surface area contributed by atoms with E-state index in [1.54, 1.807) is 22.5 Å². The van der Waals surface area contributed by atoms with Crippen molar-refractivity contribution < 1.29 is 33.0 Å². The van der Waals surface area contributed by atoms with Crippen LogP contribution in [0.5, 0.6) is 0 Å². The summed E-state index contributed by atoms with van der Waals surface area (Å²) >= 11 is 0. The van der Waals surface area contributed by atoms with Gasteiger partial charge in [0.2, 0.25) is 11.8 Å². The van der Waals surface area contributed by atoms with Crippen LogP contribution in [0.15, 0.2) is 47.7 Å². The number of morpholine rings is 1. The average Bonchev–Trinajstić information content (AvgIpc) is 4.14. The number of nitrogens with one attached hydrogen (secondary N) is 2. The van der Waals surface area contributed by atoms with Gasteiger partial charge in [0.05, 0.1) is 53.4 Å².